The Balaban J connectivity index is 2.24. The Kier molecular flexibility index (Phi) is 4.74. The third kappa shape index (κ3) is 3.30. The zero-order valence-electron chi connectivity index (χ0n) is 12.2. The van der Waals surface area contributed by atoms with Crippen LogP contribution in [0.15, 0.2) is 18.2 Å². The summed E-state index contributed by atoms with van der Waals surface area (Å²) in [5.74, 6) is -0.153. The van der Waals surface area contributed by atoms with Crippen LogP contribution in [0.25, 0.3) is 0 Å². The van der Waals surface area contributed by atoms with Gasteiger partial charge in [0.1, 0.15) is 5.69 Å². The molecule has 0 radical (unpaired) electrons. The monoisotopic (exact) mass is 293 g/mol. The van der Waals surface area contributed by atoms with Crippen LogP contribution >= 0.6 is 0 Å². The van der Waals surface area contributed by atoms with Gasteiger partial charge in [-0.25, -0.2) is 0 Å². The largest absolute Gasteiger partial charge is 0.380 e. The number of anilines is 1. The van der Waals surface area contributed by atoms with Gasteiger partial charge in [-0.15, -0.1) is 0 Å². The number of nitrogens with one attached hydrogen (secondary N) is 1. The third-order valence-electron chi connectivity index (χ3n) is 3.58. The predicted molar refractivity (Wildman–Crippen MR) is 78.6 cm³/mol. The fourth-order valence-corrected chi connectivity index (χ4v) is 2.36. The van der Waals surface area contributed by atoms with E-state index >= 15 is 0 Å². The summed E-state index contributed by atoms with van der Waals surface area (Å²) >= 11 is 0. The Hall–Kier alpha value is -2.15. The zero-order chi connectivity index (χ0) is 15.4. The summed E-state index contributed by atoms with van der Waals surface area (Å²) < 4.78 is 5.28. The number of carbonyl (C=O) groups excluding carboxylic acids is 1. The molecule has 7 heteroatoms. The summed E-state index contributed by atoms with van der Waals surface area (Å²) in [5, 5.41) is 13.9. The SMILES string of the molecule is CCNc1cc(C(=O)N(C)C2CCOC2)ccc1[N+](=O)[O-]. The Bertz CT molecular complexity index is 541. The molecule has 1 heterocycles. The number of ether oxygens (including phenoxy) is 1. The number of nitro benzene ring substituents is 1. The first-order chi connectivity index (χ1) is 10.0. The normalized spacial score (nSPS) is 17.5. The van der Waals surface area contributed by atoms with Crippen molar-refractivity contribution in [1.82, 2.24) is 4.90 Å². The molecule has 2 rings (SSSR count). The molecule has 1 saturated heterocycles. The molecule has 1 unspecified atom stereocenters. The molecule has 1 N–H and O–H groups in total. The number of likely N-dealkylation sites (N-methyl/N-ethyl adjacent to an activating group) is 1. The van der Waals surface area contributed by atoms with Crippen LogP contribution < -0.4 is 5.32 Å². The average Bonchev–Trinajstić information content (AvgIpc) is 3.00. The minimum atomic E-state index is -0.458. The first kappa shape index (κ1) is 15.2. The van der Waals surface area contributed by atoms with Crippen molar-refractivity contribution in [1.29, 1.82) is 0 Å². The van der Waals surface area contributed by atoms with Crippen LogP contribution in [-0.4, -0.2) is 48.6 Å². The molecule has 1 fully saturated rings. The number of benzene rings is 1. The van der Waals surface area contributed by atoms with Crippen molar-refractivity contribution in [2.45, 2.75) is 19.4 Å². The van der Waals surface area contributed by atoms with Crippen LogP contribution in [0, 0.1) is 10.1 Å². The van der Waals surface area contributed by atoms with Gasteiger partial charge in [0.2, 0.25) is 0 Å². The molecule has 21 heavy (non-hydrogen) atoms. The number of amides is 1. The Morgan fingerprint density at radius 3 is 2.90 bits per heavy atom. The number of hydrogen-bond acceptors (Lipinski definition) is 5. The molecule has 0 aliphatic carbocycles. The molecular formula is C14H19N3O4. The van der Waals surface area contributed by atoms with Gasteiger partial charge in [-0.2, -0.15) is 0 Å². The van der Waals surface area contributed by atoms with Crippen molar-refractivity contribution in [2.75, 3.05) is 32.1 Å². The summed E-state index contributed by atoms with van der Waals surface area (Å²) in [6.45, 7) is 3.59. The molecule has 0 bridgehead atoms. The lowest BCUT2D eigenvalue weighted by Gasteiger charge is -2.23. The van der Waals surface area contributed by atoms with Crippen LogP contribution in [0.2, 0.25) is 0 Å². The maximum Gasteiger partial charge on any atom is 0.292 e. The molecule has 7 nitrogen and oxygen atoms in total. The second kappa shape index (κ2) is 6.53. The van der Waals surface area contributed by atoms with Gasteiger partial charge < -0.3 is 15.0 Å². The van der Waals surface area contributed by atoms with Gasteiger partial charge in [-0.1, -0.05) is 0 Å². The molecule has 0 saturated carbocycles. The van der Waals surface area contributed by atoms with Gasteiger partial charge in [0.05, 0.1) is 17.6 Å². The Labute approximate surface area is 123 Å². The van der Waals surface area contributed by atoms with E-state index in [-0.39, 0.29) is 17.6 Å². The van der Waals surface area contributed by atoms with Crippen molar-refractivity contribution in [3.8, 4) is 0 Å². The minimum absolute atomic E-state index is 0.0275. The average molecular weight is 293 g/mol. The van der Waals surface area contributed by atoms with Gasteiger partial charge in [0.15, 0.2) is 0 Å². The topological polar surface area (TPSA) is 84.7 Å². The molecule has 1 amide bonds. The number of nitro groups is 1. The molecule has 1 aliphatic heterocycles. The van der Waals surface area contributed by atoms with Crippen molar-refractivity contribution in [3.63, 3.8) is 0 Å². The number of carbonyl (C=O) groups is 1. The van der Waals surface area contributed by atoms with Crippen molar-refractivity contribution in [3.05, 3.63) is 33.9 Å². The van der Waals surface area contributed by atoms with Gasteiger partial charge in [-0.05, 0) is 25.5 Å². The lowest BCUT2D eigenvalue weighted by atomic mass is 10.1. The lowest BCUT2D eigenvalue weighted by molar-refractivity contribution is -0.384. The van der Waals surface area contributed by atoms with E-state index in [4.69, 9.17) is 4.74 Å². The molecule has 1 aromatic rings. The summed E-state index contributed by atoms with van der Waals surface area (Å²) in [4.78, 5) is 24.6. The van der Waals surface area contributed by atoms with E-state index in [1.807, 2.05) is 6.92 Å². The summed E-state index contributed by atoms with van der Waals surface area (Å²) in [6, 6.07) is 4.46. The fraction of sp³-hybridized carbons (Fsp3) is 0.500. The fourth-order valence-electron chi connectivity index (χ4n) is 2.36. The molecule has 114 valence electrons. The van der Waals surface area contributed by atoms with Gasteiger partial charge >= 0.3 is 0 Å². The molecular weight excluding hydrogens is 274 g/mol. The van der Waals surface area contributed by atoms with E-state index in [2.05, 4.69) is 5.32 Å². The second-order valence-electron chi connectivity index (χ2n) is 4.95. The van der Waals surface area contributed by atoms with E-state index in [9.17, 15) is 14.9 Å². The summed E-state index contributed by atoms with van der Waals surface area (Å²) in [7, 11) is 1.73. The zero-order valence-corrected chi connectivity index (χ0v) is 12.2. The number of rotatable bonds is 5. The molecule has 1 aromatic carbocycles. The summed E-state index contributed by atoms with van der Waals surface area (Å²) in [5.41, 5.74) is 0.774. The summed E-state index contributed by atoms with van der Waals surface area (Å²) in [6.07, 6.45) is 0.815. The lowest BCUT2D eigenvalue weighted by Crippen LogP contribution is -2.37. The first-order valence-corrected chi connectivity index (χ1v) is 6.91. The van der Waals surface area contributed by atoms with Crippen molar-refractivity contribution in [2.24, 2.45) is 0 Å². The van der Waals surface area contributed by atoms with E-state index in [1.54, 1.807) is 11.9 Å². The highest BCUT2D eigenvalue weighted by Gasteiger charge is 2.26. The van der Waals surface area contributed by atoms with Gasteiger partial charge in [0, 0.05) is 31.8 Å². The van der Waals surface area contributed by atoms with E-state index in [1.165, 1.54) is 18.2 Å². The van der Waals surface area contributed by atoms with Gasteiger partial charge in [-0.3, -0.25) is 14.9 Å². The predicted octanol–water partition coefficient (Wildman–Crippen LogP) is 1.89. The van der Waals surface area contributed by atoms with E-state index in [0.29, 0.717) is 31.0 Å². The van der Waals surface area contributed by atoms with Crippen LogP contribution in [0.4, 0.5) is 11.4 Å². The van der Waals surface area contributed by atoms with E-state index in [0.717, 1.165) is 6.42 Å². The van der Waals surface area contributed by atoms with Crippen LogP contribution in [-0.2, 0) is 4.74 Å². The molecule has 1 atom stereocenters. The standard InChI is InChI=1S/C14H19N3O4/c1-3-15-12-8-10(4-5-13(12)17(19)20)14(18)16(2)11-6-7-21-9-11/h4-5,8,11,15H,3,6-7,9H2,1-2H3. The van der Waals surface area contributed by atoms with Crippen molar-refractivity contribution >= 4 is 17.3 Å². The maximum atomic E-state index is 12.4. The second-order valence-corrected chi connectivity index (χ2v) is 4.95. The van der Waals surface area contributed by atoms with Gasteiger partial charge in [0.25, 0.3) is 11.6 Å². The van der Waals surface area contributed by atoms with Crippen molar-refractivity contribution < 1.29 is 14.5 Å². The number of hydrogen-bond donors (Lipinski definition) is 1. The number of nitrogens with zero attached hydrogens (tertiary/aromatic N) is 2. The Morgan fingerprint density at radius 2 is 2.33 bits per heavy atom. The third-order valence-corrected chi connectivity index (χ3v) is 3.58. The van der Waals surface area contributed by atoms with Crippen LogP contribution in [0.1, 0.15) is 23.7 Å². The van der Waals surface area contributed by atoms with Crippen LogP contribution in [0.5, 0.6) is 0 Å². The Morgan fingerprint density at radius 1 is 1.57 bits per heavy atom. The highest BCUT2D eigenvalue weighted by atomic mass is 16.6. The highest BCUT2D eigenvalue weighted by Crippen LogP contribution is 2.26. The molecule has 1 aliphatic rings. The highest BCUT2D eigenvalue weighted by molar-refractivity contribution is 5.96. The van der Waals surface area contributed by atoms with E-state index < -0.39 is 4.92 Å². The minimum Gasteiger partial charge on any atom is -0.380 e. The molecule has 0 aromatic heterocycles. The smallest absolute Gasteiger partial charge is 0.292 e. The quantitative estimate of drug-likeness (QED) is 0.662. The van der Waals surface area contributed by atoms with Crippen LogP contribution in [0.3, 0.4) is 0 Å². The molecule has 0 spiro atoms. The maximum absolute atomic E-state index is 12.4. The first-order valence-electron chi connectivity index (χ1n) is 6.91.